The van der Waals surface area contributed by atoms with Crippen LogP contribution in [-0.4, -0.2) is 23.2 Å². The topological polar surface area (TPSA) is 120 Å². The minimum atomic E-state index is -4.49. The maximum atomic E-state index is 11.7. The predicted molar refractivity (Wildman–Crippen MR) is 105 cm³/mol. The maximum absolute atomic E-state index is 11.7. The molecule has 3 N–H and O–H groups in total. The zero-order chi connectivity index (χ0) is 20.6. The number of benzene rings is 4. The molecule has 4 aromatic carbocycles. The van der Waals surface area contributed by atoms with Crippen LogP contribution in [-0.2, 0) is 27.5 Å². The first kappa shape index (κ1) is 19.4. The average Bonchev–Trinajstić information content (AvgIpc) is 2.70. The van der Waals surface area contributed by atoms with Gasteiger partial charge in [-0.1, -0.05) is 0 Å². The second kappa shape index (κ2) is 7.52. The molecule has 0 aromatic heterocycles. The van der Waals surface area contributed by atoms with E-state index in [1.807, 2.05) is 24.3 Å². The molecule has 4 aromatic rings. The number of hydrogen-bond donors (Lipinski definition) is 3. The summed E-state index contributed by atoms with van der Waals surface area (Å²) >= 11 is -2.04. The van der Waals surface area contributed by atoms with Crippen molar-refractivity contribution < 1.29 is 40.5 Å². The van der Waals surface area contributed by atoms with Crippen LogP contribution in [0, 0.1) is 0 Å². The van der Waals surface area contributed by atoms with Crippen LogP contribution < -0.4 is 4.16 Å². The monoisotopic (exact) mass is 458 g/mol. The third kappa shape index (κ3) is 3.72. The molecule has 0 saturated carbocycles. The Hall–Kier alpha value is -2.87. The number of rotatable bonds is 4. The van der Waals surface area contributed by atoms with E-state index in [0.29, 0.717) is 20.6 Å². The van der Waals surface area contributed by atoms with Crippen molar-refractivity contribution in [2.75, 3.05) is 0 Å². The number of fused-ring (bicyclic) bond motifs is 2. The van der Waals surface area contributed by atoms with Gasteiger partial charge in [-0.05, 0) is 0 Å². The van der Waals surface area contributed by atoms with Crippen LogP contribution in [0.5, 0.6) is 11.5 Å². The molecule has 9 heteroatoms. The molecule has 0 aliphatic heterocycles. The van der Waals surface area contributed by atoms with Crippen LogP contribution in [0.25, 0.3) is 21.5 Å². The van der Waals surface area contributed by atoms with Gasteiger partial charge in [0.25, 0.3) is 0 Å². The molecule has 0 saturated heterocycles. The van der Waals surface area contributed by atoms with Gasteiger partial charge in [-0.15, -0.1) is 0 Å². The third-order valence-corrected chi connectivity index (χ3v) is 8.36. The van der Waals surface area contributed by atoms with Crippen LogP contribution in [0.2, 0.25) is 0 Å². The van der Waals surface area contributed by atoms with E-state index in [0.717, 1.165) is 16.8 Å². The molecule has 0 unspecified atom stereocenters. The summed E-state index contributed by atoms with van der Waals surface area (Å²) in [5.74, 6) is -0.233. The summed E-state index contributed by atoms with van der Waals surface area (Å²) in [5, 5.41) is 27.3. The van der Waals surface area contributed by atoms with Gasteiger partial charge in [0, 0.05) is 0 Å². The van der Waals surface area contributed by atoms with Gasteiger partial charge in [0.05, 0.1) is 0 Å². The van der Waals surface area contributed by atoms with E-state index in [2.05, 4.69) is 8.97 Å². The van der Waals surface area contributed by atoms with Crippen LogP contribution in [0.4, 0.5) is 5.69 Å². The SMILES string of the molecule is O=S(=O)(O)c1cc(O)[c]([Zn][N]=Nc2c(O)ccc3ccccc23)c2ccccc12. The summed E-state index contributed by atoms with van der Waals surface area (Å²) in [6.45, 7) is 0. The average molecular weight is 460 g/mol. The first-order chi connectivity index (χ1) is 13.9. The minimum absolute atomic E-state index is 0.00523. The fourth-order valence-electron chi connectivity index (χ4n) is 3.29. The first-order valence-electron chi connectivity index (χ1n) is 8.65. The zero-order valence-electron chi connectivity index (χ0n) is 15.0. The molecule has 29 heavy (non-hydrogen) atoms. The number of phenols is 2. The van der Waals surface area contributed by atoms with Crippen molar-refractivity contribution in [2.24, 2.45) is 8.97 Å². The Morgan fingerprint density at radius 1 is 0.793 bits per heavy atom. The van der Waals surface area contributed by atoms with Crippen LogP contribution in [0.3, 0.4) is 0 Å². The second-order valence-corrected chi connectivity index (χ2v) is 10.6. The third-order valence-electron chi connectivity index (χ3n) is 4.65. The second-order valence-electron chi connectivity index (χ2n) is 6.45. The van der Waals surface area contributed by atoms with Crippen molar-refractivity contribution in [2.45, 2.75) is 4.90 Å². The normalized spacial score (nSPS) is 11.9. The van der Waals surface area contributed by atoms with E-state index in [1.165, 1.54) is 0 Å². The number of phenolic OH excluding ortho intramolecular Hbond substituents is 2. The van der Waals surface area contributed by atoms with Gasteiger partial charge < -0.3 is 0 Å². The molecule has 0 heterocycles. The molecular weight excluding hydrogens is 446 g/mol. The van der Waals surface area contributed by atoms with Crippen molar-refractivity contribution >= 4 is 41.5 Å². The van der Waals surface area contributed by atoms with Crippen molar-refractivity contribution in [1.29, 1.82) is 0 Å². The zero-order valence-corrected chi connectivity index (χ0v) is 18.8. The Labute approximate surface area is 173 Å². The molecule has 0 aliphatic carbocycles. The predicted octanol–water partition coefficient (Wildman–Crippen LogP) is 4.06. The Bertz CT molecular complexity index is 1390. The standard InChI is InChI=1S/C10H7N2O.C10H7O4S.Zn/c11-12-10-8-4-2-1-3-7(8)5-6-9(10)13;11-8-5-7-3-1-2-4-9(7)10(6-8)15(12,13)14;/h1-6,13H;1-4,6,11H,(H,12,13,14);/q-1;;+1. The fourth-order valence-corrected chi connectivity index (χ4v) is 6.31. The van der Waals surface area contributed by atoms with Crippen LogP contribution in [0.1, 0.15) is 0 Å². The Kier molecular flexibility index (Phi) is 5.04. The molecule has 0 spiro atoms. The van der Waals surface area contributed by atoms with Crippen molar-refractivity contribution in [3.05, 3.63) is 66.7 Å². The molecule has 0 atom stereocenters. The quantitative estimate of drug-likeness (QED) is 0.241. The van der Waals surface area contributed by atoms with Gasteiger partial charge in [0.15, 0.2) is 0 Å². The Morgan fingerprint density at radius 2 is 1.45 bits per heavy atom. The van der Waals surface area contributed by atoms with Gasteiger partial charge in [-0.25, -0.2) is 0 Å². The number of hydrogen-bond acceptors (Lipinski definition) is 6. The van der Waals surface area contributed by atoms with Crippen LogP contribution in [0.15, 0.2) is 80.6 Å². The number of nitrogens with zero attached hydrogens (tertiary/aromatic N) is 2. The van der Waals surface area contributed by atoms with Gasteiger partial charge in [0.1, 0.15) is 0 Å². The molecule has 0 bridgehead atoms. The van der Waals surface area contributed by atoms with E-state index in [9.17, 15) is 23.2 Å². The summed E-state index contributed by atoms with van der Waals surface area (Å²) in [7, 11) is -4.49. The summed E-state index contributed by atoms with van der Waals surface area (Å²) in [6.07, 6.45) is 0. The first-order valence-corrected chi connectivity index (χ1v) is 12.9. The van der Waals surface area contributed by atoms with Gasteiger partial charge in [-0.2, -0.15) is 0 Å². The van der Waals surface area contributed by atoms with Crippen molar-refractivity contribution in [1.82, 2.24) is 0 Å². The van der Waals surface area contributed by atoms with E-state index >= 15 is 0 Å². The molecule has 0 amide bonds. The molecule has 0 fully saturated rings. The number of aromatic hydroxyl groups is 2. The van der Waals surface area contributed by atoms with Gasteiger partial charge in [-0.3, -0.25) is 0 Å². The summed E-state index contributed by atoms with van der Waals surface area (Å²) in [4.78, 5) is -0.347. The van der Waals surface area contributed by atoms with Crippen molar-refractivity contribution in [3.8, 4) is 11.5 Å². The summed E-state index contributed by atoms with van der Waals surface area (Å²) in [5.41, 5.74) is 0.354. The molecule has 4 rings (SSSR count). The van der Waals surface area contributed by atoms with E-state index in [-0.39, 0.29) is 16.4 Å². The van der Waals surface area contributed by atoms with E-state index in [1.54, 1.807) is 36.4 Å². The summed E-state index contributed by atoms with van der Waals surface area (Å²) in [6, 6.07) is 18.5. The summed E-state index contributed by atoms with van der Waals surface area (Å²) < 4.78 is 37.6. The van der Waals surface area contributed by atoms with Gasteiger partial charge in [0.2, 0.25) is 0 Å². The molecule has 142 valence electrons. The molecule has 0 radical (unpaired) electrons. The van der Waals surface area contributed by atoms with Crippen molar-refractivity contribution in [3.63, 3.8) is 0 Å². The molecule has 7 nitrogen and oxygen atoms in total. The molecule has 0 aliphatic rings. The van der Waals surface area contributed by atoms with E-state index < -0.39 is 27.5 Å². The van der Waals surface area contributed by atoms with Gasteiger partial charge >= 0.3 is 174 Å². The fraction of sp³-hybridized carbons (Fsp3) is 0. The van der Waals surface area contributed by atoms with Crippen LogP contribution >= 0.6 is 0 Å². The Balaban J connectivity index is 1.79. The molecular formula is C20H14N2O5SZn. The van der Waals surface area contributed by atoms with E-state index in [4.69, 9.17) is 0 Å². The Morgan fingerprint density at radius 3 is 2.17 bits per heavy atom.